The molecule has 0 fully saturated rings. The van der Waals surface area contributed by atoms with Gasteiger partial charge in [0.2, 0.25) is 0 Å². The molecule has 2 heteroatoms. The van der Waals surface area contributed by atoms with Crippen LogP contribution in [0.3, 0.4) is 0 Å². The molecule has 0 aliphatic heterocycles. The highest BCUT2D eigenvalue weighted by Gasteiger charge is 2.29. The molecule has 1 rings (SSSR count). The van der Waals surface area contributed by atoms with E-state index in [2.05, 4.69) is 88.3 Å². The summed E-state index contributed by atoms with van der Waals surface area (Å²) in [6, 6.07) is 4.34. The number of aryl methyl sites for hydroxylation is 3. The van der Waals surface area contributed by atoms with E-state index in [0.29, 0.717) is 28.2 Å². The Morgan fingerprint density at radius 1 is 0.821 bits per heavy atom. The molecule has 0 aromatic heterocycles. The standard InChI is InChI=1S/C26H45OP/c1-18-12-21(4)23(22(5)13-18)24(27)28(16-19(2)14-25(6,7)8)17-20(3)15-26(9,10)11/h12-13,19-20H,14-17H2,1-11H3. The Labute approximate surface area is 176 Å². The summed E-state index contributed by atoms with van der Waals surface area (Å²) in [5.74, 6) is 1.17. The maximum absolute atomic E-state index is 13.7. The third-order valence-corrected chi connectivity index (χ3v) is 8.09. The van der Waals surface area contributed by atoms with Crippen LogP contribution in [-0.2, 0) is 0 Å². The number of carbonyl (C=O) groups excluding carboxylic acids is 1. The van der Waals surface area contributed by atoms with Crippen LogP contribution < -0.4 is 0 Å². The van der Waals surface area contributed by atoms with Crippen LogP contribution in [0.25, 0.3) is 0 Å². The van der Waals surface area contributed by atoms with Crippen LogP contribution in [0, 0.1) is 43.4 Å². The highest BCUT2D eigenvalue weighted by atomic mass is 31.1. The summed E-state index contributed by atoms with van der Waals surface area (Å²) < 4.78 is 0. The Hall–Kier alpha value is -0.680. The van der Waals surface area contributed by atoms with E-state index in [1.807, 2.05) is 0 Å². The van der Waals surface area contributed by atoms with Crippen molar-refractivity contribution in [3.63, 3.8) is 0 Å². The van der Waals surface area contributed by atoms with Crippen molar-refractivity contribution in [1.82, 2.24) is 0 Å². The fraction of sp³-hybridized carbons (Fsp3) is 0.731. The lowest BCUT2D eigenvalue weighted by Gasteiger charge is -2.30. The largest absolute Gasteiger partial charge is 0.289 e. The van der Waals surface area contributed by atoms with Crippen molar-refractivity contribution >= 4 is 13.4 Å². The molecular weight excluding hydrogens is 359 g/mol. The van der Waals surface area contributed by atoms with E-state index in [1.54, 1.807) is 0 Å². The normalized spacial score (nSPS) is 16.0. The van der Waals surface area contributed by atoms with Gasteiger partial charge in [-0.2, -0.15) is 0 Å². The molecule has 0 aliphatic rings. The van der Waals surface area contributed by atoms with Gasteiger partial charge in [0, 0.05) is 5.56 Å². The van der Waals surface area contributed by atoms with Gasteiger partial charge >= 0.3 is 0 Å². The van der Waals surface area contributed by atoms with E-state index in [4.69, 9.17) is 0 Å². The maximum atomic E-state index is 13.7. The summed E-state index contributed by atoms with van der Waals surface area (Å²) in [7, 11) is -0.664. The van der Waals surface area contributed by atoms with Gasteiger partial charge in [-0.25, -0.2) is 0 Å². The van der Waals surface area contributed by atoms with Crippen molar-refractivity contribution in [2.24, 2.45) is 22.7 Å². The molecule has 0 N–H and O–H groups in total. The van der Waals surface area contributed by atoms with Crippen LogP contribution in [-0.4, -0.2) is 17.8 Å². The molecule has 0 radical (unpaired) electrons. The summed E-state index contributed by atoms with van der Waals surface area (Å²) in [6.45, 7) is 24.9. The predicted octanol–water partition coefficient (Wildman–Crippen LogP) is 8.38. The quantitative estimate of drug-likeness (QED) is 0.398. The summed E-state index contributed by atoms with van der Waals surface area (Å²) in [6.07, 6.45) is 4.48. The van der Waals surface area contributed by atoms with Crippen molar-refractivity contribution in [1.29, 1.82) is 0 Å². The van der Waals surface area contributed by atoms with Crippen molar-refractivity contribution in [2.75, 3.05) is 12.3 Å². The third-order valence-electron chi connectivity index (χ3n) is 5.16. The van der Waals surface area contributed by atoms with E-state index in [0.717, 1.165) is 29.0 Å². The zero-order valence-corrected chi connectivity index (χ0v) is 21.4. The SMILES string of the molecule is Cc1cc(C)c(C(=O)P(CC(C)CC(C)(C)C)CC(C)CC(C)(C)C)c(C)c1. The van der Waals surface area contributed by atoms with Crippen molar-refractivity contribution in [2.45, 2.75) is 89.0 Å². The molecule has 160 valence electrons. The molecule has 0 amide bonds. The summed E-state index contributed by atoms with van der Waals surface area (Å²) in [5, 5.41) is 0. The van der Waals surface area contributed by atoms with Gasteiger partial charge in [-0.1, -0.05) is 73.1 Å². The van der Waals surface area contributed by atoms with Gasteiger partial charge in [0.05, 0.1) is 0 Å². The molecule has 1 nitrogen and oxygen atoms in total. The van der Waals surface area contributed by atoms with Crippen LogP contribution in [0.5, 0.6) is 0 Å². The van der Waals surface area contributed by atoms with Crippen molar-refractivity contribution in [3.8, 4) is 0 Å². The molecular formula is C26H45OP. The van der Waals surface area contributed by atoms with E-state index < -0.39 is 7.92 Å². The minimum absolute atomic E-state index is 0.316. The Bertz CT molecular complexity index is 613. The smallest absolute Gasteiger partial charge is 0.184 e. The van der Waals surface area contributed by atoms with E-state index >= 15 is 0 Å². The average molecular weight is 405 g/mol. The fourth-order valence-corrected chi connectivity index (χ4v) is 7.80. The number of carbonyl (C=O) groups is 1. The second-order valence-corrected chi connectivity index (χ2v) is 13.9. The van der Waals surface area contributed by atoms with Crippen molar-refractivity contribution in [3.05, 3.63) is 34.4 Å². The lowest BCUT2D eigenvalue weighted by molar-refractivity contribution is 0.107. The van der Waals surface area contributed by atoms with Gasteiger partial charge in [0.15, 0.2) is 5.52 Å². The Kier molecular flexibility index (Phi) is 8.95. The van der Waals surface area contributed by atoms with Gasteiger partial charge in [-0.15, -0.1) is 0 Å². The monoisotopic (exact) mass is 404 g/mol. The van der Waals surface area contributed by atoms with Gasteiger partial charge in [0.25, 0.3) is 0 Å². The first-order valence-electron chi connectivity index (χ1n) is 11.0. The zero-order valence-electron chi connectivity index (χ0n) is 20.5. The summed E-state index contributed by atoms with van der Waals surface area (Å²) in [5.41, 5.74) is 5.63. The van der Waals surface area contributed by atoms with E-state index in [-0.39, 0.29) is 0 Å². The molecule has 1 aromatic carbocycles. The highest BCUT2D eigenvalue weighted by Crippen LogP contribution is 2.47. The molecule has 0 saturated heterocycles. The lowest BCUT2D eigenvalue weighted by atomic mass is 9.86. The molecule has 28 heavy (non-hydrogen) atoms. The number of benzene rings is 1. The Balaban J connectivity index is 3.13. The van der Waals surface area contributed by atoms with Crippen LogP contribution in [0.4, 0.5) is 0 Å². The first-order chi connectivity index (χ1) is 12.6. The van der Waals surface area contributed by atoms with Gasteiger partial charge in [0.1, 0.15) is 0 Å². The topological polar surface area (TPSA) is 17.1 Å². The second-order valence-electron chi connectivity index (χ2n) is 11.7. The first-order valence-corrected chi connectivity index (χ1v) is 12.7. The minimum Gasteiger partial charge on any atom is -0.289 e. The Morgan fingerprint density at radius 2 is 1.18 bits per heavy atom. The third kappa shape index (κ3) is 8.77. The van der Waals surface area contributed by atoms with Gasteiger partial charge < -0.3 is 0 Å². The Morgan fingerprint density at radius 3 is 1.50 bits per heavy atom. The zero-order chi connectivity index (χ0) is 21.9. The number of rotatable bonds is 8. The van der Waals surface area contributed by atoms with Crippen LogP contribution in [0.15, 0.2) is 12.1 Å². The van der Waals surface area contributed by atoms with Gasteiger partial charge in [-0.3, -0.25) is 4.79 Å². The minimum atomic E-state index is -0.664. The summed E-state index contributed by atoms with van der Waals surface area (Å²) >= 11 is 0. The molecule has 2 atom stereocenters. The van der Waals surface area contributed by atoms with Crippen LogP contribution >= 0.6 is 7.92 Å². The number of hydrogen-bond acceptors (Lipinski definition) is 1. The highest BCUT2D eigenvalue weighted by molar-refractivity contribution is 7.75. The average Bonchev–Trinajstić information content (AvgIpc) is 2.40. The van der Waals surface area contributed by atoms with Crippen LogP contribution in [0.1, 0.15) is 95.3 Å². The first kappa shape index (κ1) is 25.4. The molecule has 0 saturated carbocycles. The van der Waals surface area contributed by atoms with Crippen molar-refractivity contribution < 1.29 is 4.79 Å². The predicted molar refractivity (Wildman–Crippen MR) is 128 cm³/mol. The van der Waals surface area contributed by atoms with Gasteiger partial charge in [-0.05, 0) is 87.7 Å². The van der Waals surface area contributed by atoms with E-state index in [9.17, 15) is 4.79 Å². The molecule has 1 aromatic rings. The second kappa shape index (κ2) is 9.88. The number of hydrogen-bond donors (Lipinski definition) is 0. The molecule has 0 spiro atoms. The molecule has 0 heterocycles. The lowest BCUT2D eigenvalue weighted by Crippen LogP contribution is -2.20. The molecule has 0 bridgehead atoms. The molecule has 2 unspecified atom stereocenters. The van der Waals surface area contributed by atoms with Crippen LogP contribution in [0.2, 0.25) is 0 Å². The fourth-order valence-electron chi connectivity index (χ4n) is 4.89. The maximum Gasteiger partial charge on any atom is 0.184 e. The van der Waals surface area contributed by atoms with E-state index in [1.165, 1.54) is 18.4 Å². The summed E-state index contributed by atoms with van der Waals surface area (Å²) in [4.78, 5) is 13.7. The molecule has 0 aliphatic carbocycles.